The second-order valence-corrected chi connectivity index (χ2v) is 4.42. The van der Waals surface area contributed by atoms with Gasteiger partial charge >= 0.3 is 0 Å². The number of benzene rings is 1. The van der Waals surface area contributed by atoms with E-state index in [0.717, 1.165) is 35.0 Å². The lowest BCUT2D eigenvalue weighted by atomic mass is 10.1. The first kappa shape index (κ1) is 11.0. The van der Waals surface area contributed by atoms with Gasteiger partial charge in [-0.1, -0.05) is 6.07 Å². The molecule has 3 N–H and O–H groups in total. The molecular formula is C14H15N3O. The Bertz CT molecular complexity index is 703. The Balaban J connectivity index is 2.22. The van der Waals surface area contributed by atoms with Crippen molar-refractivity contribution in [3.8, 4) is 5.75 Å². The first-order valence-electron chi connectivity index (χ1n) is 6.07. The minimum absolute atomic E-state index is 0.266. The van der Waals surface area contributed by atoms with Crippen molar-refractivity contribution in [3.63, 3.8) is 0 Å². The number of imidazole rings is 1. The molecule has 0 aliphatic rings. The number of aromatic hydroxyl groups is 1. The van der Waals surface area contributed by atoms with Crippen LogP contribution in [0.2, 0.25) is 0 Å². The zero-order valence-corrected chi connectivity index (χ0v) is 10.0. The molecule has 4 heteroatoms. The van der Waals surface area contributed by atoms with E-state index in [4.69, 9.17) is 5.73 Å². The second-order valence-electron chi connectivity index (χ2n) is 4.42. The summed E-state index contributed by atoms with van der Waals surface area (Å²) in [6.45, 7) is 0.682. The molecule has 0 saturated carbocycles. The average molecular weight is 241 g/mol. The molecule has 1 aromatic carbocycles. The van der Waals surface area contributed by atoms with E-state index in [1.165, 1.54) is 0 Å². The van der Waals surface area contributed by atoms with Crippen LogP contribution >= 0.6 is 0 Å². The van der Waals surface area contributed by atoms with Gasteiger partial charge in [0.25, 0.3) is 0 Å². The number of phenols is 1. The fraction of sp³-hybridized carbons (Fsp3) is 0.214. The third kappa shape index (κ3) is 1.71. The highest BCUT2D eigenvalue weighted by Crippen LogP contribution is 2.24. The van der Waals surface area contributed by atoms with Crippen LogP contribution in [-0.2, 0) is 6.42 Å². The molecule has 0 spiro atoms. The molecule has 0 saturated heterocycles. The van der Waals surface area contributed by atoms with Gasteiger partial charge in [-0.2, -0.15) is 0 Å². The fourth-order valence-corrected chi connectivity index (χ4v) is 2.27. The third-order valence-corrected chi connectivity index (χ3v) is 3.19. The largest absolute Gasteiger partial charge is 0.508 e. The zero-order valence-electron chi connectivity index (χ0n) is 10.0. The number of nitrogens with two attached hydrogens (primary N) is 1. The summed E-state index contributed by atoms with van der Waals surface area (Å²) in [6, 6.07) is 7.38. The summed E-state index contributed by atoms with van der Waals surface area (Å²) < 4.78 is 2.07. The van der Waals surface area contributed by atoms with Crippen LogP contribution in [0.25, 0.3) is 16.4 Å². The second kappa shape index (κ2) is 4.31. The third-order valence-electron chi connectivity index (χ3n) is 3.19. The molecule has 0 atom stereocenters. The zero-order chi connectivity index (χ0) is 12.5. The first-order chi connectivity index (χ1) is 8.79. The summed E-state index contributed by atoms with van der Waals surface area (Å²) in [7, 11) is 0. The van der Waals surface area contributed by atoms with Crippen LogP contribution in [0.4, 0.5) is 0 Å². The highest BCUT2D eigenvalue weighted by Gasteiger charge is 2.07. The van der Waals surface area contributed by atoms with Gasteiger partial charge in [-0.25, -0.2) is 4.98 Å². The molecule has 2 heterocycles. The van der Waals surface area contributed by atoms with Gasteiger partial charge in [0.15, 0.2) is 0 Å². The van der Waals surface area contributed by atoms with E-state index in [1.807, 2.05) is 24.5 Å². The molecule has 0 bridgehead atoms. The molecule has 0 radical (unpaired) electrons. The number of phenolic OH excluding ortho intramolecular Hbond substituents is 1. The van der Waals surface area contributed by atoms with Gasteiger partial charge in [-0.05, 0) is 43.0 Å². The monoisotopic (exact) mass is 241 g/mol. The Labute approximate surface area is 105 Å². The Morgan fingerprint density at radius 1 is 1.28 bits per heavy atom. The molecular weight excluding hydrogens is 226 g/mol. The molecule has 18 heavy (non-hydrogen) atoms. The van der Waals surface area contributed by atoms with E-state index < -0.39 is 0 Å². The predicted molar refractivity (Wildman–Crippen MR) is 71.7 cm³/mol. The van der Waals surface area contributed by atoms with Gasteiger partial charge in [0.2, 0.25) is 0 Å². The van der Waals surface area contributed by atoms with Crippen LogP contribution in [0.3, 0.4) is 0 Å². The smallest absolute Gasteiger partial charge is 0.144 e. The quantitative estimate of drug-likeness (QED) is 0.738. The van der Waals surface area contributed by atoms with Gasteiger partial charge in [0.05, 0.1) is 0 Å². The SMILES string of the molecule is NCCCc1cnc2c3cc(O)ccc3ccn12. The van der Waals surface area contributed by atoms with Crippen molar-refractivity contribution >= 4 is 16.4 Å². The maximum absolute atomic E-state index is 9.58. The van der Waals surface area contributed by atoms with Crippen molar-refractivity contribution in [3.05, 3.63) is 42.4 Å². The summed E-state index contributed by atoms with van der Waals surface area (Å²) in [5, 5.41) is 11.6. The summed E-state index contributed by atoms with van der Waals surface area (Å²) in [5.74, 6) is 0.266. The number of aromatic nitrogens is 2. The lowest BCUT2D eigenvalue weighted by Gasteiger charge is -2.04. The molecule has 0 fully saturated rings. The fourth-order valence-electron chi connectivity index (χ4n) is 2.27. The molecule has 0 aliphatic carbocycles. The van der Waals surface area contributed by atoms with Crippen LogP contribution in [0.5, 0.6) is 5.75 Å². The van der Waals surface area contributed by atoms with Crippen molar-refractivity contribution in [2.45, 2.75) is 12.8 Å². The van der Waals surface area contributed by atoms with E-state index >= 15 is 0 Å². The van der Waals surface area contributed by atoms with Crippen molar-refractivity contribution in [1.29, 1.82) is 0 Å². The normalized spacial score (nSPS) is 11.4. The maximum atomic E-state index is 9.58. The van der Waals surface area contributed by atoms with Crippen molar-refractivity contribution < 1.29 is 5.11 Å². The Kier molecular flexibility index (Phi) is 2.64. The highest BCUT2D eigenvalue weighted by atomic mass is 16.3. The number of aryl methyl sites for hydroxylation is 1. The molecule has 0 aliphatic heterocycles. The molecule has 3 rings (SSSR count). The average Bonchev–Trinajstić information content (AvgIpc) is 2.79. The standard InChI is InChI=1S/C14H15N3O/c15-6-1-2-11-9-16-14-13-8-12(18)4-3-10(13)5-7-17(11)14/h3-5,7-9,18H,1-2,6,15H2. The Hall–Kier alpha value is -2.07. The van der Waals surface area contributed by atoms with Gasteiger partial charge in [-0.3, -0.25) is 0 Å². The molecule has 3 aromatic rings. The van der Waals surface area contributed by atoms with Crippen molar-refractivity contribution in [1.82, 2.24) is 9.38 Å². The number of rotatable bonds is 3. The van der Waals surface area contributed by atoms with E-state index in [9.17, 15) is 5.11 Å². The summed E-state index contributed by atoms with van der Waals surface area (Å²) in [6.07, 6.45) is 5.77. The number of hydrogen-bond acceptors (Lipinski definition) is 3. The van der Waals surface area contributed by atoms with Gasteiger partial charge < -0.3 is 15.2 Å². The summed E-state index contributed by atoms with van der Waals surface area (Å²) >= 11 is 0. The number of pyridine rings is 1. The van der Waals surface area contributed by atoms with E-state index in [1.54, 1.807) is 12.1 Å². The van der Waals surface area contributed by atoms with E-state index in [-0.39, 0.29) is 5.75 Å². The molecule has 0 unspecified atom stereocenters. The summed E-state index contributed by atoms with van der Waals surface area (Å²) in [4.78, 5) is 4.45. The predicted octanol–water partition coefficient (Wildman–Crippen LogP) is 2.08. The van der Waals surface area contributed by atoms with Crippen molar-refractivity contribution in [2.75, 3.05) is 6.54 Å². The van der Waals surface area contributed by atoms with E-state index in [0.29, 0.717) is 6.54 Å². The van der Waals surface area contributed by atoms with Crippen LogP contribution in [-0.4, -0.2) is 21.0 Å². The summed E-state index contributed by atoms with van der Waals surface area (Å²) in [5.41, 5.74) is 7.57. The number of fused-ring (bicyclic) bond motifs is 3. The Morgan fingerprint density at radius 3 is 3.00 bits per heavy atom. The highest BCUT2D eigenvalue weighted by molar-refractivity contribution is 5.94. The first-order valence-corrected chi connectivity index (χ1v) is 6.07. The number of nitrogens with zero attached hydrogens (tertiary/aromatic N) is 2. The van der Waals surface area contributed by atoms with Crippen molar-refractivity contribution in [2.24, 2.45) is 5.73 Å². The van der Waals surface area contributed by atoms with E-state index in [2.05, 4.69) is 9.38 Å². The minimum Gasteiger partial charge on any atom is -0.508 e. The topological polar surface area (TPSA) is 63.5 Å². The number of hydrogen-bond donors (Lipinski definition) is 2. The van der Waals surface area contributed by atoms with Crippen LogP contribution in [0, 0.1) is 0 Å². The van der Waals surface area contributed by atoms with Gasteiger partial charge in [-0.15, -0.1) is 0 Å². The van der Waals surface area contributed by atoms with Gasteiger partial charge in [0.1, 0.15) is 11.4 Å². The van der Waals surface area contributed by atoms with Crippen LogP contribution < -0.4 is 5.73 Å². The maximum Gasteiger partial charge on any atom is 0.144 e. The lowest BCUT2D eigenvalue weighted by molar-refractivity contribution is 0.476. The molecule has 2 aromatic heterocycles. The molecule has 4 nitrogen and oxygen atoms in total. The van der Waals surface area contributed by atoms with Crippen LogP contribution in [0.1, 0.15) is 12.1 Å². The minimum atomic E-state index is 0.266. The molecule has 92 valence electrons. The van der Waals surface area contributed by atoms with Gasteiger partial charge in [0, 0.05) is 23.5 Å². The van der Waals surface area contributed by atoms with Crippen LogP contribution in [0.15, 0.2) is 36.7 Å². The Morgan fingerprint density at radius 2 is 2.17 bits per heavy atom. The lowest BCUT2D eigenvalue weighted by Crippen LogP contribution is -2.02. The molecule has 0 amide bonds.